The van der Waals surface area contributed by atoms with Gasteiger partial charge in [-0.2, -0.15) is 0 Å². The Morgan fingerprint density at radius 2 is 1.40 bits per heavy atom. The van der Waals surface area contributed by atoms with Gasteiger partial charge in [-0.3, -0.25) is 0 Å². The fourth-order valence-corrected chi connectivity index (χ4v) is 2.95. The second-order valence-electron chi connectivity index (χ2n) is 5.72. The molecular weight excluding hydrogens is 314 g/mol. The third kappa shape index (κ3) is 2.59. The number of nitrogens with zero attached hydrogens (tertiary/aromatic N) is 2. The van der Waals surface area contributed by atoms with Crippen LogP contribution in [0, 0.1) is 0 Å². The molecule has 4 rings (SSSR count). The van der Waals surface area contributed by atoms with Gasteiger partial charge in [0.1, 0.15) is 5.69 Å². The van der Waals surface area contributed by atoms with Crippen LogP contribution in [0.2, 0.25) is 0 Å². The summed E-state index contributed by atoms with van der Waals surface area (Å²) in [6.07, 6.45) is 0. The molecule has 5 nitrogen and oxygen atoms in total. The van der Waals surface area contributed by atoms with Crippen LogP contribution in [0.1, 0.15) is 0 Å². The average molecular weight is 331 g/mol. The molecule has 4 aromatic rings. The first-order valence-corrected chi connectivity index (χ1v) is 7.88. The summed E-state index contributed by atoms with van der Waals surface area (Å²) in [5.74, 6) is 1.67. The van der Waals surface area contributed by atoms with Gasteiger partial charge in [-0.25, -0.2) is 9.97 Å². The number of benzene rings is 3. The van der Waals surface area contributed by atoms with E-state index in [2.05, 4.69) is 17.1 Å². The quantitative estimate of drug-likeness (QED) is 0.574. The largest absolute Gasteiger partial charge is 0.493 e. The predicted molar refractivity (Wildman–Crippen MR) is 100.0 cm³/mol. The Kier molecular flexibility index (Phi) is 3.61. The van der Waals surface area contributed by atoms with Gasteiger partial charge in [-0.05, 0) is 41.1 Å². The van der Waals surface area contributed by atoms with E-state index < -0.39 is 0 Å². The van der Waals surface area contributed by atoms with Crippen LogP contribution in [-0.2, 0) is 0 Å². The molecule has 0 saturated heterocycles. The fraction of sp³-hybridized carbons (Fsp3) is 0.100. The minimum atomic E-state index is 0.384. The predicted octanol–water partition coefficient (Wildman–Crippen LogP) is 4.05. The first-order chi connectivity index (χ1) is 12.2. The molecule has 0 spiro atoms. The number of rotatable bonds is 3. The molecule has 5 heteroatoms. The van der Waals surface area contributed by atoms with Crippen LogP contribution in [0.15, 0.2) is 54.6 Å². The molecule has 1 heterocycles. The van der Waals surface area contributed by atoms with Crippen molar-refractivity contribution in [1.29, 1.82) is 0 Å². The van der Waals surface area contributed by atoms with Crippen molar-refractivity contribution in [2.24, 2.45) is 0 Å². The molecule has 3 aromatic carbocycles. The van der Waals surface area contributed by atoms with Gasteiger partial charge in [0.25, 0.3) is 0 Å². The third-order valence-corrected chi connectivity index (χ3v) is 4.22. The molecule has 0 aliphatic rings. The van der Waals surface area contributed by atoms with E-state index in [4.69, 9.17) is 20.2 Å². The van der Waals surface area contributed by atoms with Gasteiger partial charge in [-0.1, -0.05) is 24.3 Å². The molecule has 25 heavy (non-hydrogen) atoms. The summed E-state index contributed by atoms with van der Waals surface area (Å²) >= 11 is 0. The SMILES string of the molecule is COc1ccc(-c2nc3cc4ccccc4cc3nc2N)cc1OC. The maximum atomic E-state index is 6.18. The lowest BCUT2D eigenvalue weighted by atomic mass is 10.1. The Bertz CT molecular complexity index is 1090. The minimum Gasteiger partial charge on any atom is -0.493 e. The molecule has 0 radical (unpaired) electrons. The zero-order chi connectivity index (χ0) is 17.4. The van der Waals surface area contributed by atoms with E-state index in [0.29, 0.717) is 23.0 Å². The Labute approximate surface area is 145 Å². The summed E-state index contributed by atoms with van der Waals surface area (Å²) in [4.78, 5) is 9.29. The van der Waals surface area contributed by atoms with E-state index in [1.165, 1.54) is 0 Å². The summed E-state index contributed by atoms with van der Waals surface area (Å²) in [7, 11) is 3.20. The third-order valence-electron chi connectivity index (χ3n) is 4.22. The highest BCUT2D eigenvalue weighted by atomic mass is 16.5. The molecule has 0 aliphatic carbocycles. The number of hydrogen-bond acceptors (Lipinski definition) is 5. The van der Waals surface area contributed by atoms with Crippen LogP contribution < -0.4 is 15.2 Å². The van der Waals surface area contributed by atoms with E-state index >= 15 is 0 Å². The van der Waals surface area contributed by atoms with Crippen molar-refractivity contribution in [3.63, 3.8) is 0 Å². The minimum absolute atomic E-state index is 0.384. The highest BCUT2D eigenvalue weighted by molar-refractivity contribution is 5.96. The number of ether oxygens (including phenoxy) is 2. The summed E-state index contributed by atoms with van der Waals surface area (Å²) in [6.45, 7) is 0. The van der Waals surface area contributed by atoms with Gasteiger partial charge >= 0.3 is 0 Å². The highest BCUT2D eigenvalue weighted by Crippen LogP contribution is 2.34. The summed E-state index contributed by atoms with van der Waals surface area (Å²) in [5, 5.41) is 2.23. The lowest BCUT2D eigenvalue weighted by molar-refractivity contribution is 0.355. The van der Waals surface area contributed by atoms with E-state index in [-0.39, 0.29) is 0 Å². The molecular formula is C20H17N3O2. The van der Waals surface area contributed by atoms with Gasteiger partial charge < -0.3 is 15.2 Å². The molecule has 1 aromatic heterocycles. The summed E-state index contributed by atoms with van der Waals surface area (Å²) in [5.41, 5.74) is 9.22. The molecule has 0 bridgehead atoms. The van der Waals surface area contributed by atoms with Crippen LogP contribution >= 0.6 is 0 Å². The maximum Gasteiger partial charge on any atom is 0.161 e. The van der Waals surface area contributed by atoms with Gasteiger partial charge in [0.05, 0.1) is 25.3 Å². The molecule has 0 fully saturated rings. The summed E-state index contributed by atoms with van der Waals surface area (Å²) < 4.78 is 10.7. The van der Waals surface area contributed by atoms with Crippen molar-refractivity contribution in [3.8, 4) is 22.8 Å². The standard InChI is InChI=1S/C20H17N3O2/c1-24-17-8-7-14(11-18(17)25-2)19-20(21)23-16-10-13-6-4-3-5-12(13)9-15(16)22-19/h3-11H,1-2H3,(H2,21,23). The topological polar surface area (TPSA) is 70.3 Å². The number of methoxy groups -OCH3 is 2. The van der Waals surface area contributed by atoms with Crippen molar-refractivity contribution in [3.05, 3.63) is 54.6 Å². The monoisotopic (exact) mass is 331 g/mol. The zero-order valence-corrected chi connectivity index (χ0v) is 14.0. The lowest BCUT2D eigenvalue weighted by Crippen LogP contribution is -1.99. The number of nitrogen functional groups attached to an aromatic ring is 1. The first kappa shape index (κ1) is 15.2. The van der Waals surface area contributed by atoms with Gasteiger partial charge in [0.2, 0.25) is 0 Å². The van der Waals surface area contributed by atoms with Crippen LogP contribution in [0.5, 0.6) is 11.5 Å². The molecule has 124 valence electrons. The van der Waals surface area contributed by atoms with Crippen LogP contribution in [0.4, 0.5) is 5.82 Å². The van der Waals surface area contributed by atoms with Crippen molar-refractivity contribution < 1.29 is 9.47 Å². The van der Waals surface area contributed by atoms with Gasteiger partial charge in [-0.15, -0.1) is 0 Å². The second kappa shape index (κ2) is 5.94. The van der Waals surface area contributed by atoms with Crippen LogP contribution in [0.3, 0.4) is 0 Å². The summed E-state index contributed by atoms with van der Waals surface area (Å²) in [6, 6.07) is 17.7. The van der Waals surface area contributed by atoms with Crippen molar-refractivity contribution >= 4 is 27.6 Å². The Balaban J connectivity index is 1.92. The Morgan fingerprint density at radius 1 is 0.760 bits per heavy atom. The van der Waals surface area contributed by atoms with Crippen molar-refractivity contribution in [2.45, 2.75) is 0 Å². The maximum absolute atomic E-state index is 6.18. The number of anilines is 1. The molecule has 0 atom stereocenters. The highest BCUT2D eigenvalue weighted by Gasteiger charge is 2.12. The second-order valence-corrected chi connectivity index (χ2v) is 5.72. The first-order valence-electron chi connectivity index (χ1n) is 7.88. The molecule has 0 unspecified atom stereocenters. The number of hydrogen-bond donors (Lipinski definition) is 1. The van der Waals surface area contributed by atoms with E-state index in [0.717, 1.165) is 27.4 Å². The van der Waals surface area contributed by atoms with Crippen molar-refractivity contribution in [1.82, 2.24) is 9.97 Å². The smallest absolute Gasteiger partial charge is 0.161 e. The fourth-order valence-electron chi connectivity index (χ4n) is 2.95. The normalized spacial score (nSPS) is 11.0. The average Bonchev–Trinajstić information content (AvgIpc) is 2.65. The molecule has 2 N–H and O–H groups in total. The molecule has 0 amide bonds. The van der Waals surface area contributed by atoms with Gasteiger partial charge in [0, 0.05) is 5.56 Å². The lowest BCUT2D eigenvalue weighted by Gasteiger charge is -2.11. The van der Waals surface area contributed by atoms with Gasteiger partial charge in [0.15, 0.2) is 17.3 Å². The number of fused-ring (bicyclic) bond motifs is 2. The van der Waals surface area contributed by atoms with Crippen LogP contribution in [0.25, 0.3) is 33.1 Å². The Morgan fingerprint density at radius 3 is 2.04 bits per heavy atom. The number of aromatic nitrogens is 2. The molecule has 0 aliphatic heterocycles. The molecule has 0 saturated carbocycles. The van der Waals surface area contributed by atoms with E-state index in [9.17, 15) is 0 Å². The van der Waals surface area contributed by atoms with E-state index in [1.54, 1.807) is 14.2 Å². The Hall–Kier alpha value is -3.34. The zero-order valence-electron chi connectivity index (χ0n) is 14.0. The van der Waals surface area contributed by atoms with Crippen molar-refractivity contribution in [2.75, 3.05) is 20.0 Å². The number of nitrogens with two attached hydrogens (primary N) is 1. The van der Waals surface area contributed by atoms with E-state index in [1.807, 2.05) is 42.5 Å². The van der Waals surface area contributed by atoms with Crippen LogP contribution in [-0.4, -0.2) is 24.2 Å².